The van der Waals surface area contributed by atoms with Gasteiger partial charge in [0, 0.05) is 28.8 Å². The van der Waals surface area contributed by atoms with Crippen LogP contribution in [0, 0.1) is 0 Å². The Balaban J connectivity index is 1.77. The zero-order chi connectivity index (χ0) is 19.9. The molecule has 3 rings (SSSR count). The average molecular weight is 382 g/mol. The summed E-state index contributed by atoms with van der Waals surface area (Å²) in [6.07, 6.45) is 5.34. The molecule has 0 radical (unpaired) electrons. The van der Waals surface area contributed by atoms with Crippen molar-refractivity contribution in [1.82, 2.24) is 10.3 Å². The van der Waals surface area contributed by atoms with Gasteiger partial charge in [-0.2, -0.15) is 8.78 Å². The zero-order valence-corrected chi connectivity index (χ0v) is 15.3. The molecule has 1 N–H and O–H groups in total. The lowest BCUT2D eigenvalue weighted by Gasteiger charge is -2.19. The summed E-state index contributed by atoms with van der Waals surface area (Å²) in [5, 5.41) is 3.82. The Labute approximate surface area is 161 Å². The van der Waals surface area contributed by atoms with Crippen LogP contribution < -0.4 is 10.1 Å². The van der Waals surface area contributed by atoms with E-state index in [1.54, 1.807) is 30.5 Å². The van der Waals surface area contributed by atoms with E-state index in [-0.39, 0.29) is 11.7 Å². The number of fused-ring (bicyclic) bond motifs is 1. The van der Waals surface area contributed by atoms with Gasteiger partial charge >= 0.3 is 6.61 Å². The third-order valence-electron chi connectivity index (χ3n) is 4.31. The molecule has 0 saturated carbocycles. The number of carbonyl (C=O) groups is 1. The molecule has 0 aliphatic carbocycles. The maximum Gasteiger partial charge on any atom is 0.387 e. The Bertz CT molecular complexity index is 984. The smallest absolute Gasteiger partial charge is 0.387 e. The first kappa shape index (κ1) is 19.5. The highest BCUT2D eigenvalue weighted by Gasteiger charge is 2.18. The number of hydrogen-bond acceptors (Lipinski definition) is 3. The highest BCUT2D eigenvalue weighted by Crippen LogP contribution is 2.28. The molecule has 144 valence electrons. The number of rotatable bonds is 7. The van der Waals surface area contributed by atoms with Gasteiger partial charge in [-0.3, -0.25) is 9.78 Å². The summed E-state index contributed by atoms with van der Waals surface area (Å²) in [5.41, 5.74) is 2.14. The van der Waals surface area contributed by atoms with Crippen LogP contribution in [0.25, 0.3) is 17.0 Å². The van der Waals surface area contributed by atoms with Gasteiger partial charge < -0.3 is 10.1 Å². The van der Waals surface area contributed by atoms with Crippen LogP contribution >= 0.6 is 0 Å². The summed E-state index contributed by atoms with van der Waals surface area (Å²) in [4.78, 5) is 16.8. The topological polar surface area (TPSA) is 51.2 Å². The number of amides is 1. The van der Waals surface area contributed by atoms with Gasteiger partial charge in [-0.1, -0.05) is 49.4 Å². The first-order chi connectivity index (χ1) is 13.6. The van der Waals surface area contributed by atoms with Crippen molar-refractivity contribution in [2.45, 2.75) is 26.0 Å². The van der Waals surface area contributed by atoms with Gasteiger partial charge in [-0.15, -0.1) is 0 Å². The number of aromatic nitrogens is 1. The summed E-state index contributed by atoms with van der Waals surface area (Å²) in [6, 6.07) is 15.6. The van der Waals surface area contributed by atoms with Gasteiger partial charge in [0.25, 0.3) is 0 Å². The minimum Gasteiger partial charge on any atom is -0.434 e. The molecule has 4 nitrogen and oxygen atoms in total. The van der Waals surface area contributed by atoms with Crippen molar-refractivity contribution in [2.75, 3.05) is 0 Å². The average Bonchev–Trinajstić information content (AvgIpc) is 2.70. The number of carbonyl (C=O) groups excluding carboxylic acids is 1. The lowest BCUT2D eigenvalue weighted by Crippen LogP contribution is -2.27. The molecule has 1 unspecified atom stereocenters. The van der Waals surface area contributed by atoms with Crippen LogP contribution in [-0.2, 0) is 4.79 Å². The minimum absolute atomic E-state index is 0.0619. The molecule has 1 atom stereocenters. The van der Waals surface area contributed by atoms with Crippen LogP contribution in [0.5, 0.6) is 5.75 Å². The molecular weight excluding hydrogens is 362 g/mol. The van der Waals surface area contributed by atoms with E-state index in [4.69, 9.17) is 0 Å². The molecule has 0 fully saturated rings. The Morgan fingerprint density at radius 1 is 1.14 bits per heavy atom. The zero-order valence-electron chi connectivity index (χ0n) is 15.3. The highest BCUT2D eigenvalue weighted by molar-refractivity contribution is 5.95. The van der Waals surface area contributed by atoms with E-state index in [1.165, 1.54) is 12.1 Å². The number of nitrogens with zero attached hydrogens (tertiary/aromatic N) is 1. The predicted molar refractivity (Wildman–Crippen MR) is 105 cm³/mol. The molecule has 28 heavy (non-hydrogen) atoms. The largest absolute Gasteiger partial charge is 0.434 e. The molecule has 0 bridgehead atoms. The molecule has 0 spiro atoms. The maximum atomic E-state index is 12.6. The molecule has 2 aromatic carbocycles. The SMILES string of the molecule is CCC(NC(=O)/C=C/c1cccc2cccnc12)c1ccccc1OC(F)F. The van der Waals surface area contributed by atoms with Gasteiger partial charge in [0.05, 0.1) is 11.6 Å². The summed E-state index contributed by atoms with van der Waals surface area (Å²) in [6.45, 7) is -1.06. The number of para-hydroxylation sites is 2. The predicted octanol–water partition coefficient (Wildman–Crippen LogP) is 5.12. The number of halogens is 2. The molecule has 0 saturated heterocycles. The second kappa shape index (κ2) is 9.08. The Morgan fingerprint density at radius 3 is 2.71 bits per heavy atom. The minimum atomic E-state index is -2.92. The summed E-state index contributed by atoms with van der Waals surface area (Å²) >= 11 is 0. The van der Waals surface area contributed by atoms with Crippen molar-refractivity contribution < 1.29 is 18.3 Å². The van der Waals surface area contributed by atoms with Crippen LogP contribution in [0.2, 0.25) is 0 Å². The van der Waals surface area contributed by atoms with E-state index < -0.39 is 12.7 Å². The molecule has 3 aromatic rings. The second-order valence-electron chi connectivity index (χ2n) is 6.14. The van der Waals surface area contributed by atoms with Crippen LogP contribution in [0.3, 0.4) is 0 Å². The van der Waals surface area contributed by atoms with E-state index >= 15 is 0 Å². The number of alkyl halides is 2. The second-order valence-corrected chi connectivity index (χ2v) is 6.14. The van der Waals surface area contributed by atoms with E-state index in [0.29, 0.717) is 12.0 Å². The maximum absolute atomic E-state index is 12.6. The number of benzene rings is 2. The van der Waals surface area contributed by atoms with Crippen molar-refractivity contribution in [3.05, 3.63) is 78.0 Å². The fraction of sp³-hybridized carbons (Fsp3) is 0.182. The van der Waals surface area contributed by atoms with Crippen molar-refractivity contribution in [3.8, 4) is 5.75 Å². The number of pyridine rings is 1. The summed E-state index contributed by atoms with van der Waals surface area (Å²) < 4.78 is 29.9. The van der Waals surface area contributed by atoms with Crippen molar-refractivity contribution in [2.24, 2.45) is 0 Å². The van der Waals surface area contributed by atoms with E-state index in [9.17, 15) is 13.6 Å². The summed E-state index contributed by atoms with van der Waals surface area (Å²) in [5.74, 6) is -0.265. The van der Waals surface area contributed by atoms with Crippen LogP contribution in [0.4, 0.5) is 8.78 Å². The highest BCUT2D eigenvalue weighted by atomic mass is 19.3. The van der Waals surface area contributed by atoms with Crippen LogP contribution in [0.15, 0.2) is 66.9 Å². The third kappa shape index (κ3) is 4.71. The van der Waals surface area contributed by atoms with E-state index in [2.05, 4.69) is 15.0 Å². The van der Waals surface area contributed by atoms with Crippen molar-refractivity contribution >= 4 is 22.9 Å². The van der Waals surface area contributed by atoms with E-state index in [0.717, 1.165) is 16.5 Å². The first-order valence-corrected chi connectivity index (χ1v) is 8.94. The van der Waals surface area contributed by atoms with Gasteiger partial charge in [-0.05, 0) is 24.6 Å². The summed E-state index contributed by atoms with van der Waals surface area (Å²) in [7, 11) is 0. The van der Waals surface area contributed by atoms with Gasteiger partial charge in [0.1, 0.15) is 5.75 Å². The fourth-order valence-electron chi connectivity index (χ4n) is 3.02. The van der Waals surface area contributed by atoms with E-state index in [1.807, 2.05) is 37.3 Å². The van der Waals surface area contributed by atoms with Crippen molar-refractivity contribution in [3.63, 3.8) is 0 Å². The van der Waals surface area contributed by atoms with Gasteiger partial charge in [-0.25, -0.2) is 0 Å². The number of hydrogen-bond donors (Lipinski definition) is 1. The van der Waals surface area contributed by atoms with Crippen LogP contribution in [0.1, 0.15) is 30.5 Å². The molecule has 1 aromatic heterocycles. The first-order valence-electron chi connectivity index (χ1n) is 8.94. The molecule has 1 amide bonds. The quantitative estimate of drug-likeness (QED) is 0.577. The molecular formula is C22H20F2N2O2. The number of nitrogens with one attached hydrogen (secondary N) is 1. The lowest BCUT2D eigenvalue weighted by molar-refractivity contribution is -0.117. The van der Waals surface area contributed by atoms with Gasteiger partial charge in [0.15, 0.2) is 0 Å². The monoisotopic (exact) mass is 382 g/mol. The van der Waals surface area contributed by atoms with Crippen molar-refractivity contribution in [1.29, 1.82) is 0 Å². The molecule has 1 heterocycles. The Morgan fingerprint density at radius 2 is 1.93 bits per heavy atom. The third-order valence-corrected chi connectivity index (χ3v) is 4.31. The Hall–Kier alpha value is -3.28. The molecule has 6 heteroatoms. The lowest BCUT2D eigenvalue weighted by atomic mass is 10.0. The normalized spacial score (nSPS) is 12.4. The van der Waals surface area contributed by atoms with Gasteiger partial charge in [0.2, 0.25) is 5.91 Å². The Kier molecular flexibility index (Phi) is 6.32. The fourth-order valence-corrected chi connectivity index (χ4v) is 3.02. The number of ether oxygens (including phenoxy) is 1. The molecule has 0 aliphatic rings. The molecule has 0 aliphatic heterocycles. The standard InChI is InChI=1S/C22H20F2N2O2/c1-2-18(17-10-3-4-11-19(17)28-22(23)24)26-20(27)13-12-16-8-5-7-15-9-6-14-25-21(15)16/h3-14,18,22H,2H2,1H3,(H,26,27)/b13-12+. The van der Waals surface area contributed by atoms with Crippen LogP contribution in [-0.4, -0.2) is 17.5 Å².